The van der Waals surface area contributed by atoms with E-state index in [9.17, 15) is 14.4 Å². The zero-order valence-corrected chi connectivity index (χ0v) is 11.3. The van der Waals surface area contributed by atoms with Gasteiger partial charge in [-0.15, -0.1) is 0 Å². The number of hydrogen-bond donors (Lipinski definition) is 1. The molecule has 6 nitrogen and oxygen atoms in total. The Morgan fingerprint density at radius 2 is 2.15 bits per heavy atom. The van der Waals surface area contributed by atoms with Crippen LogP contribution < -0.4 is 5.32 Å². The first kappa shape index (κ1) is 14.0. The second-order valence-electron chi connectivity index (χ2n) is 4.31. The molecule has 1 atom stereocenters. The maximum atomic E-state index is 11.8. The highest BCUT2D eigenvalue weighted by Crippen LogP contribution is 2.27. The third-order valence-electron chi connectivity index (χ3n) is 3.12. The van der Waals surface area contributed by atoms with E-state index in [1.54, 1.807) is 25.1 Å². The maximum Gasteiger partial charge on any atom is 0.338 e. The highest BCUT2D eigenvalue weighted by molar-refractivity contribution is 6.04. The molecule has 106 valence electrons. The zero-order chi connectivity index (χ0) is 14.7. The molecule has 0 saturated heterocycles. The molecule has 1 N–H and O–H groups in total. The summed E-state index contributed by atoms with van der Waals surface area (Å²) in [6.45, 7) is 2.29. The van der Waals surface area contributed by atoms with E-state index in [-0.39, 0.29) is 13.2 Å². The molecule has 0 aromatic heterocycles. The van der Waals surface area contributed by atoms with E-state index in [1.807, 2.05) is 0 Å². The SMILES string of the molecule is CCOC(=O)c1ccc2c(c1)CNC(=O)C2C(=O)OC. The van der Waals surface area contributed by atoms with Crippen LogP contribution in [-0.2, 0) is 25.6 Å². The van der Waals surface area contributed by atoms with Gasteiger partial charge in [-0.05, 0) is 30.2 Å². The number of fused-ring (bicyclic) bond motifs is 1. The van der Waals surface area contributed by atoms with Crippen molar-refractivity contribution in [3.05, 3.63) is 34.9 Å². The number of amides is 1. The largest absolute Gasteiger partial charge is 0.468 e. The van der Waals surface area contributed by atoms with Crippen LogP contribution in [0.15, 0.2) is 18.2 Å². The molecule has 6 heteroatoms. The second-order valence-corrected chi connectivity index (χ2v) is 4.31. The van der Waals surface area contributed by atoms with E-state index in [0.29, 0.717) is 16.7 Å². The van der Waals surface area contributed by atoms with E-state index in [4.69, 9.17) is 4.74 Å². The molecular weight excluding hydrogens is 262 g/mol. The molecule has 0 radical (unpaired) electrons. The summed E-state index contributed by atoms with van der Waals surface area (Å²) in [7, 11) is 1.23. The van der Waals surface area contributed by atoms with Crippen molar-refractivity contribution < 1.29 is 23.9 Å². The van der Waals surface area contributed by atoms with Crippen LogP contribution in [0, 0.1) is 0 Å². The molecule has 2 rings (SSSR count). The quantitative estimate of drug-likeness (QED) is 0.651. The zero-order valence-electron chi connectivity index (χ0n) is 11.3. The van der Waals surface area contributed by atoms with Crippen molar-refractivity contribution in [2.75, 3.05) is 13.7 Å². The van der Waals surface area contributed by atoms with Crippen LogP contribution in [-0.4, -0.2) is 31.6 Å². The van der Waals surface area contributed by atoms with Gasteiger partial charge in [0.1, 0.15) is 0 Å². The van der Waals surface area contributed by atoms with Crippen LogP contribution in [0.4, 0.5) is 0 Å². The van der Waals surface area contributed by atoms with Crippen molar-refractivity contribution >= 4 is 17.8 Å². The van der Waals surface area contributed by atoms with Gasteiger partial charge in [0.25, 0.3) is 0 Å². The lowest BCUT2D eigenvalue weighted by Crippen LogP contribution is -2.39. The van der Waals surface area contributed by atoms with Crippen LogP contribution >= 0.6 is 0 Å². The fourth-order valence-electron chi connectivity index (χ4n) is 2.16. The van der Waals surface area contributed by atoms with Gasteiger partial charge in [-0.3, -0.25) is 9.59 Å². The molecule has 0 saturated carbocycles. The third kappa shape index (κ3) is 2.49. The van der Waals surface area contributed by atoms with Gasteiger partial charge in [-0.2, -0.15) is 0 Å². The smallest absolute Gasteiger partial charge is 0.338 e. The van der Waals surface area contributed by atoms with E-state index in [0.717, 1.165) is 0 Å². The van der Waals surface area contributed by atoms with Crippen LogP contribution in [0.5, 0.6) is 0 Å². The first-order valence-corrected chi connectivity index (χ1v) is 6.24. The van der Waals surface area contributed by atoms with E-state index in [1.165, 1.54) is 7.11 Å². The summed E-state index contributed by atoms with van der Waals surface area (Å²) in [6, 6.07) is 4.77. The number of hydrogen-bond acceptors (Lipinski definition) is 5. The van der Waals surface area contributed by atoms with E-state index < -0.39 is 23.8 Å². The number of benzene rings is 1. The summed E-state index contributed by atoms with van der Waals surface area (Å²) in [4.78, 5) is 35.1. The fourth-order valence-corrected chi connectivity index (χ4v) is 2.16. The average molecular weight is 277 g/mol. The Balaban J connectivity index is 2.38. The molecule has 1 amide bonds. The maximum absolute atomic E-state index is 11.8. The van der Waals surface area contributed by atoms with Gasteiger partial charge in [-0.1, -0.05) is 6.07 Å². The lowest BCUT2D eigenvalue weighted by molar-refractivity contribution is -0.146. The highest BCUT2D eigenvalue weighted by Gasteiger charge is 2.34. The summed E-state index contributed by atoms with van der Waals surface area (Å²) in [5.74, 6) is -2.43. The molecule has 0 bridgehead atoms. The Kier molecular flexibility index (Phi) is 4.02. The fraction of sp³-hybridized carbons (Fsp3) is 0.357. The van der Waals surface area contributed by atoms with Gasteiger partial charge >= 0.3 is 11.9 Å². The van der Waals surface area contributed by atoms with Crippen molar-refractivity contribution in [3.8, 4) is 0 Å². The molecule has 0 aliphatic carbocycles. The number of esters is 2. The normalized spacial score (nSPS) is 16.9. The number of carbonyl (C=O) groups is 3. The topological polar surface area (TPSA) is 81.7 Å². The minimum absolute atomic E-state index is 0.273. The van der Waals surface area contributed by atoms with Gasteiger partial charge < -0.3 is 14.8 Å². The minimum Gasteiger partial charge on any atom is -0.468 e. The molecule has 1 unspecified atom stereocenters. The standard InChI is InChI=1S/C14H15NO5/c1-3-20-13(17)8-4-5-10-9(6-8)7-15-12(16)11(10)14(18)19-2/h4-6,11H,3,7H2,1-2H3,(H,15,16). The molecule has 0 fully saturated rings. The van der Waals surface area contributed by atoms with Crippen molar-refractivity contribution in [2.45, 2.75) is 19.4 Å². The predicted octanol–water partition coefficient (Wildman–Crippen LogP) is 0.750. The average Bonchev–Trinajstić information content (AvgIpc) is 2.46. The van der Waals surface area contributed by atoms with Gasteiger partial charge in [0, 0.05) is 6.54 Å². The van der Waals surface area contributed by atoms with Crippen LogP contribution in [0.1, 0.15) is 34.3 Å². The first-order chi connectivity index (χ1) is 9.58. The number of methoxy groups -OCH3 is 1. The Hall–Kier alpha value is -2.37. The Morgan fingerprint density at radius 3 is 2.80 bits per heavy atom. The Morgan fingerprint density at radius 1 is 1.40 bits per heavy atom. The summed E-state index contributed by atoms with van der Waals surface area (Å²) < 4.78 is 9.56. The van der Waals surface area contributed by atoms with Crippen LogP contribution in [0.25, 0.3) is 0 Å². The van der Waals surface area contributed by atoms with Crippen molar-refractivity contribution in [1.29, 1.82) is 0 Å². The monoisotopic (exact) mass is 277 g/mol. The number of carbonyl (C=O) groups excluding carboxylic acids is 3. The highest BCUT2D eigenvalue weighted by atomic mass is 16.5. The van der Waals surface area contributed by atoms with Crippen LogP contribution in [0.3, 0.4) is 0 Å². The molecule has 1 heterocycles. The van der Waals surface area contributed by atoms with Gasteiger partial charge in [0.05, 0.1) is 19.3 Å². The molecule has 20 heavy (non-hydrogen) atoms. The van der Waals surface area contributed by atoms with Gasteiger partial charge in [0.2, 0.25) is 5.91 Å². The molecular formula is C14H15NO5. The van der Waals surface area contributed by atoms with E-state index >= 15 is 0 Å². The van der Waals surface area contributed by atoms with Crippen molar-refractivity contribution in [2.24, 2.45) is 0 Å². The van der Waals surface area contributed by atoms with Crippen molar-refractivity contribution in [1.82, 2.24) is 5.32 Å². The summed E-state index contributed by atoms with van der Waals surface area (Å²) in [6.07, 6.45) is 0. The minimum atomic E-state index is -0.986. The number of ether oxygens (including phenoxy) is 2. The van der Waals surface area contributed by atoms with Crippen LogP contribution in [0.2, 0.25) is 0 Å². The van der Waals surface area contributed by atoms with Crippen molar-refractivity contribution in [3.63, 3.8) is 0 Å². The lowest BCUT2D eigenvalue weighted by Gasteiger charge is -2.24. The molecule has 0 spiro atoms. The molecule has 1 aliphatic heterocycles. The Labute approximate surface area is 116 Å². The first-order valence-electron chi connectivity index (χ1n) is 6.24. The number of rotatable bonds is 3. The predicted molar refractivity (Wildman–Crippen MR) is 69.0 cm³/mol. The number of nitrogens with one attached hydrogen (secondary N) is 1. The van der Waals surface area contributed by atoms with Gasteiger partial charge in [0.15, 0.2) is 5.92 Å². The molecule has 1 aromatic carbocycles. The second kappa shape index (κ2) is 5.73. The summed E-state index contributed by atoms with van der Waals surface area (Å²) >= 11 is 0. The summed E-state index contributed by atoms with van der Waals surface area (Å²) in [5, 5.41) is 2.61. The Bertz CT molecular complexity index is 567. The summed E-state index contributed by atoms with van der Waals surface area (Å²) in [5.41, 5.74) is 1.67. The molecule has 1 aromatic rings. The van der Waals surface area contributed by atoms with E-state index in [2.05, 4.69) is 10.1 Å². The molecule has 1 aliphatic rings. The van der Waals surface area contributed by atoms with Gasteiger partial charge in [-0.25, -0.2) is 4.79 Å². The third-order valence-corrected chi connectivity index (χ3v) is 3.12. The lowest BCUT2D eigenvalue weighted by atomic mass is 9.89.